The van der Waals surface area contributed by atoms with Gasteiger partial charge in [-0.15, -0.1) is 6.58 Å². The van der Waals surface area contributed by atoms with Crippen LogP contribution in [0.15, 0.2) is 30.9 Å². The van der Waals surface area contributed by atoms with Crippen LogP contribution >= 0.6 is 0 Å². The standard InChI is InChI=1S/C22H33NO4/c1-5-6-15-27-17(2)22(24)23-14-8-7-9-19(23)12-10-18-11-13-20(25-3)21(16-18)26-4/h5,11,13,16-17,19H,1,6-10,12,14-15H2,2-4H3. The van der Waals surface area contributed by atoms with Crippen LogP contribution in [-0.2, 0) is 16.0 Å². The zero-order valence-electron chi connectivity index (χ0n) is 16.9. The summed E-state index contributed by atoms with van der Waals surface area (Å²) < 4.78 is 16.4. The molecule has 1 aliphatic heterocycles. The molecule has 0 aliphatic carbocycles. The van der Waals surface area contributed by atoms with Crippen LogP contribution in [0.2, 0.25) is 0 Å². The minimum Gasteiger partial charge on any atom is -0.493 e. The second-order valence-electron chi connectivity index (χ2n) is 7.00. The Morgan fingerprint density at radius 1 is 1.30 bits per heavy atom. The first kappa shape index (κ1) is 21.3. The number of piperidine rings is 1. The van der Waals surface area contributed by atoms with Crippen molar-refractivity contribution in [2.24, 2.45) is 0 Å². The van der Waals surface area contributed by atoms with Gasteiger partial charge in [-0.1, -0.05) is 12.1 Å². The molecule has 1 aromatic carbocycles. The van der Waals surface area contributed by atoms with Crippen molar-refractivity contribution < 1.29 is 19.0 Å². The van der Waals surface area contributed by atoms with Crippen LogP contribution in [0.25, 0.3) is 0 Å². The normalized spacial score (nSPS) is 18.0. The Balaban J connectivity index is 1.96. The molecule has 5 nitrogen and oxygen atoms in total. The van der Waals surface area contributed by atoms with Gasteiger partial charge < -0.3 is 19.1 Å². The lowest BCUT2D eigenvalue weighted by molar-refractivity contribution is -0.146. The third-order valence-corrected chi connectivity index (χ3v) is 5.16. The van der Waals surface area contributed by atoms with Gasteiger partial charge in [0.2, 0.25) is 0 Å². The second-order valence-corrected chi connectivity index (χ2v) is 7.00. The fraction of sp³-hybridized carbons (Fsp3) is 0.591. The van der Waals surface area contributed by atoms with E-state index in [0.29, 0.717) is 6.61 Å². The molecule has 1 amide bonds. The van der Waals surface area contributed by atoms with Crippen molar-refractivity contribution in [3.05, 3.63) is 36.4 Å². The van der Waals surface area contributed by atoms with E-state index in [2.05, 4.69) is 12.6 Å². The monoisotopic (exact) mass is 375 g/mol. The number of carbonyl (C=O) groups is 1. The quantitative estimate of drug-likeness (QED) is 0.458. The van der Waals surface area contributed by atoms with Crippen molar-refractivity contribution in [2.75, 3.05) is 27.4 Å². The van der Waals surface area contributed by atoms with E-state index in [1.807, 2.05) is 30.0 Å². The average Bonchev–Trinajstić information content (AvgIpc) is 2.71. The lowest BCUT2D eigenvalue weighted by Gasteiger charge is -2.37. The summed E-state index contributed by atoms with van der Waals surface area (Å²) in [6, 6.07) is 6.30. The van der Waals surface area contributed by atoms with Crippen molar-refractivity contribution >= 4 is 5.91 Å². The smallest absolute Gasteiger partial charge is 0.251 e. The maximum atomic E-state index is 12.8. The van der Waals surface area contributed by atoms with Gasteiger partial charge in [-0.05, 0) is 63.1 Å². The second kappa shape index (κ2) is 11.0. The summed E-state index contributed by atoms with van der Waals surface area (Å²) in [5, 5.41) is 0. The molecule has 0 aromatic heterocycles. The van der Waals surface area contributed by atoms with E-state index in [4.69, 9.17) is 14.2 Å². The van der Waals surface area contributed by atoms with E-state index in [9.17, 15) is 4.79 Å². The molecular formula is C22H33NO4. The van der Waals surface area contributed by atoms with E-state index in [1.165, 1.54) is 12.0 Å². The highest BCUT2D eigenvalue weighted by Gasteiger charge is 2.29. The molecule has 1 heterocycles. The molecule has 0 radical (unpaired) electrons. The van der Waals surface area contributed by atoms with Gasteiger partial charge in [0.15, 0.2) is 11.5 Å². The van der Waals surface area contributed by atoms with Crippen LogP contribution in [0.4, 0.5) is 0 Å². The topological polar surface area (TPSA) is 48.0 Å². The van der Waals surface area contributed by atoms with Crippen LogP contribution in [0.3, 0.4) is 0 Å². The van der Waals surface area contributed by atoms with Gasteiger partial charge in [0.25, 0.3) is 5.91 Å². The molecule has 1 aromatic rings. The molecule has 2 unspecified atom stereocenters. The SMILES string of the molecule is C=CCCOC(C)C(=O)N1CCCCC1CCc1ccc(OC)c(OC)c1. The zero-order valence-corrected chi connectivity index (χ0v) is 16.9. The Morgan fingerprint density at radius 2 is 2.07 bits per heavy atom. The van der Waals surface area contributed by atoms with E-state index >= 15 is 0 Å². The Labute approximate surface area is 163 Å². The van der Waals surface area contributed by atoms with Crippen LogP contribution in [0, 0.1) is 0 Å². The van der Waals surface area contributed by atoms with Crippen LogP contribution < -0.4 is 9.47 Å². The van der Waals surface area contributed by atoms with Crippen molar-refractivity contribution in [1.82, 2.24) is 4.90 Å². The first-order valence-corrected chi connectivity index (χ1v) is 9.84. The number of methoxy groups -OCH3 is 2. The molecule has 1 aliphatic rings. The molecule has 1 saturated heterocycles. The Hall–Kier alpha value is -2.01. The molecule has 0 bridgehead atoms. The van der Waals surface area contributed by atoms with Gasteiger partial charge in [0, 0.05) is 12.6 Å². The fourth-order valence-electron chi connectivity index (χ4n) is 3.59. The largest absolute Gasteiger partial charge is 0.493 e. The summed E-state index contributed by atoms with van der Waals surface area (Å²) in [6.07, 6.45) is 7.32. The molecule has 2 rings (SSSR count). The van der Waals surface area contributed by atoms with Crippen LogP contribution in [0.5, 0.6) is 11.5 Å². The van der Waals surface area contributed by atoms with Gasteiger partial charge >= 0.3 is 0 Å². The first-order valence-electron chi connectivity index (χ1n) is 9.84. The Morgan fingerprint density at radius 3 is 2.78 bits per heavy atom. The molecule has 0 N–H and O–H groups in total. The maximum Gasteiger partial charge on any atom is 0.251 e. The maximum absolute atomic E-state index is 12.8. The predicted octanol–water partition coefficient (Wildman–Crippen LogP) is 4.00. The Bertz CT molecular complexity index is 616. The van der Waals surface area contributed by atoms with E-state index in [-0.39, 0.29) is 11.9 Å². The zero-order chi connectivity index (χ0) is 19.6. The average molecular weight is 376 g/mol. The van der Waals surface area contributed by atoms with Crippen LogP contribution in [0.1, 0.15) is 44.6 Å². The number of likely N-dealkylation sites (tertiary alicyclic amines) is 1. The third-order valence-electron chi connectivity index (χ3n) is 5.16. The molecule has 2 atom stereocenters. The predicted molar refractivity (Wildman–Crippen MR) is 107 cm³/mol. The molecule has 0 spiro atoms. The molecule has 1 fully saturated rings. The highest BCUT2D eigenvalue weighted by atomic mass is 16.5. The van der Waals surface area contributed by atoms with Crippen LogP contribution in [-0.4, -0.2) is 50.3 Å². The van der Waals surface area contributed by atoms with Gasteiger partial charge in [-0.3, -0.25) is 4.79 Å². The van der Waals surface area contributed by atoms with Crippen molar-refractivity contribution in [1.29, 1.82) is 0 Å². The van der Waals surface area contributed by atoms with Gasteiger partial charge in [0.1, 0.15) is 6.10 Å². The number of aryl methyl sites for hydroxylation is 1. The number of hydrogen-bond acceptors (Lipinski definition) is 4. The summed E-state index contributed by atoms with van der Waals surface area (Å²) in [5.41, 5.74) is 1.20. The van der Waals surface area contributed by atoms with Gasteiger partial charge in [-0.25, -0.2) is 0 Å². The third kappa shape index (κ3) is 5.99. The number of nitrogens with zero attached hydrogens (tertiary/aromatic N) is 1. The summed E-state index contributed by atoms with van der Waals surface area (Å²) in [7, 11) is 3.29. The number of rotatable bonds is 10. The summed E-state index contributed by atoms with van der Waals surface area (Å²) >= 11 is 0. The number of amides is 1. The number of ether oxygens (including phenoxy) is 3. The minimum absolute atomic E-state index is 0.107. The first-order chi connectivity index (χ1) is 13.1. The number of hydrogen-bond donors (Lipinski definition) is 0. The molecule has 27 heavy (non-hydrogen) atoms. The summed E-state index contributed by atoms with van der Waals surface area (Å²) in [6.45, 7) is 6.91. The summed E-state index contributed by atoms with van der Waals surface area (Å²) in [4.78, 5) is 14.9. The van der Waals surface area contributed by atoms with Crippen molar-refractivity contribution in [3.63, 3.8) is 0 Å². The van der Waals surface area contributed by atoms with E-state index in [1.54, 1.807) is 14.2 Å². The molecule has 0 saturated carbocycles. The molecular weight excluding hydrogens is 342 g/mol. The molecule has 5 heteroatoms. The van der Waals surface area contributed by atoms with Gasteiger partial charge in [0.05, 0.1) is 20.8 Å². The highest BCUT2D eigenvalue weighted by molar-refractivity contribution is 5.81. The van der Waals surface area contributed by atoms with Crippen molar-refractivity contribution in [2.45, 2.75) is 57.6 Å². The number of carbonyl (C=O) groups excluding carboxylic acids is 1. The van der Waals surface area contributed by atoms with Crippen molar-refractivity contribution in [3.8, 4) is 11.5 Å². The van der Waals surface area contributed by atoms with Gasteiger partial charge in [-0.2, -0.15) is 0 Å². The summed E-state index contributed by atoms with van der Waals surface area (Å²) in [5.74, 6) is 1.59. The Kier molecular flexibility index (Phi) is 8.65. The lowest BCUT2D eigenvalue weighted by Crippen LogP contribution is -2.48. The fourth-order valence-corrected chi connectivity index (χ4v) is 3.59. The lowest BCUT2D eigenvalue weighted by atomic mass is 9.95. The highest BCUT2D eigenvalue weighted by Crippen LogP contribution is 2.29. The van der Waals surface area contributed by atoms with E-state index in [0.717, 1.165) is 50.1 Å². The number of benzene rings is 1. The minimum atomic E-state index is -0.397. The molecule has 150 valence electrons. The van der Waals surface area contributed by atoms with E-state index < -0.39 is 6.10 Å².